The first-order valence-corrected chi connectivity index (χ1v) is 7.49. The maximum atomic E-state index is 12.6. The van der Waals surface area contributed by atoms with Crippen molar-refractivity contribution in [1.82, 2.24) is 9.88 Å². The number of anilines is 1. The summed E-state index contributed by atoms with van der Waals surface area (Å²) in [5.41, 5.74) is 1.55. The second kappa shape index (κ2) is 4.02. The number of aryl methyl sites for hydroxylation is 1. The van der Waals surface area contributed by atoms with Gasteiger partial charge < -0.3 is 10.2 Å². The van der Waals surface area contributed by atoms with Crippen molar-refractivity contribution < 1.29 is 9.59 Å². The third-order valence-corrected chi connectivity index (χ3v) is 5.04. The van der Waals surface area contributed by atoms with E-state index in [9.17, 15) is 9.59 Å². The van der Waals surface area contributed by atoms with Crippen LogP contribution in [-0.4, -0.2) is 34.3 Å². The van der Waals surface area contributed by atoms with Crippen LogP contribution < -0.4 is 5.32 Å². The Morgan fingerprint density at radius 2 is 2.25 bits per heavy atom. The van der Waals surface area contributed by atoms with E-state index < -0.39 is 0 Å². The molecule has 2 amide bonds. The van der Waals surface area contributed by atoms with E-state index in [0.717, 1.165) is 28.8 Å². The molecule has 1 N–H and O–H groups in total. The van der Waals surface area contributed by atoms with Gasteiger partial charge in [0, 0.05) is 17.6 Å². The van der Waals surface area contributed by atoms with Gasteiger partial charge in [-0.3, -0.25) is 9.59 Å². The van der Waals surface area contributed by atoms with Crippen molar-refractivity contribution in [3.63, 3.8) is 0 Å². The molecule has 1 saturated heterocycles. The van der Waals surface area contributed by atoms with Crippen molar-refractivity contribution >= 4 is 39.1 Å². The van der Waals surface area contributed by atoms with E-state index >= 15 is 0 Å². The Morgan fingerprint density at radius 3 is 3.10 bits per heavy atom. The van der Waals surface area contributed by atoms with Crippen LogP contribution in [0, 0.1) is 6.92 Å². The van der Waals surface area contributed by atoms with E-state index in [1.54, 1.807) is 4.90 Å². The molecule has 0 spiro atoms. The normalized spacial score (nSPS) is 21.6. The van der Waals surface area contributed by atoms with Gasteiger partial charge in [-0.25, -0.2) is 4.98 Å². The molecule has 2 aromatic rings. The minimum absolute atomic E-state index is 0.0403. The molecule has 0 radical (unpaired) electrons. The van der Waals surface area contributed by atoms with Crippen molar-refractivity contribution in [3.8, 4) is 0 Å². The molecule has 0 saturated carbocycles. The molecule has 6 heteroatoms. The zero-order chi connectivity index (χ0) is 13.9. The number of hydrogen-bond donors (Lipinski definition) is 1. The maximum Gasteiger partial charge on any atom is 0.266 e. The number of nitrogens with one attached hydrogen (secondary N) is 1. The lowest BCUT2D eigenvalue weighted by Crippen LogP contribution is -2.40. The van der Waals surface area contributed by atoms with Gasteiger partial charge in [0.15, 0.2) is 0 Å². The van der Waals surface area contributed by atoms with Crippen molar-refractivity contribution in [2.24, 2.45) is 0 Å². The number of carbonyl (C=O) groups is 2. The van der Waals surface area contributed by atoms with E-state index in [1.807, 2.05) is 19.1 Å². The first-order valence-electron chi connectivity index (χ1n) is 6.67. The zero-order valence-electron chi connectivity index (χ0n) is 11.0. The van der Waals surface area contributed by atoms with Crippen LogP contribution in [0.2, 0.25) is 0 Å². The average molecular weight is 287 g/mol. The lowest BCUT2D eigenvalue weighted by Gasteiger charge is -2.19. The van der Waals surface area contributed by atoms with Crippen LogP contribution in [0.1, 0.15) is 28.2 Å². The minimum Gasteiger partial charge on any atom is -0.326 e. The number of rotatable bonds is 0. The van der Waals surface area contributed by atoms with Gasteiger partial charge in [0.2, 0.25) is 5.91 Å². The van der Waals surface area contributed by atoms with E-state index in [-0.39, 0.29) is 17.9 Å². The molecule has 0 unspecified atom stereocenters. The fraction of sp³-hybridized carbons (Fsp3) is 0.357. The number of amides is 2. The molecule has 0 aromatic carbocycles. The lowest BCUT2D eigenvalue weighted by molar-refractivity contribution is -0.119. The summed E-state index contributed by atoms with van der Waals surface area (Å²) in [6, 6.07) is 3.52. The Balaban J connectivity index is 1.95. The van der Waals surface area contributed by atoms with Crippen molar-refractivity contribution in [2.75, 3.05) is 11.9 Å². The fourth-order valence-corrected chi connectivity index (χ4v) is 4.10. The highest BCUT2D eigenvalue weighted by Crippen LogP contribution is 2.39. The Bertz CT molecular complexity index is 752. The van der Waals surface area contributed by atoms with E-state index in [4.69, 9.17) is 0 Å². The molecular formula is C14H13N3O2S. The van der Waals surface area contributed by atoms with Gasteiger partial charge in [-0.05, 0) is 31.9 Å². The molecule has 0 aliphatic carbocycles. The smallest absolute Gasteiger partial charge is 0.266 e. The molecule has 2 aromatic heterocycles. The molecule has 2 aliphatic heterocycles. The quantitative estimate of drug-likeness (QED) is 0.807. The largest absolute Gasteiger partial charge is 0.326 e. The van der Waals surface area contributed by atoms with Gasteiger partial charge >= 0.3 is 0 Å². The summed E-state index contributed by atoms with van der Waals surface area (Å²) in [6.45, 7) is 2.58. The molecule has 1 atom stereocenters. The Morgan fingerprint density at radius 1 is 1.40 bits per heavy atom. The molecule has 0 bridgehead atoms. The molecule has 1 fully saturated rings. The van der Waals surface area contributed by atoms with Gasteiger partial charge in [0.1, 0.15) is 15.7 Å². The number of fused-ring (bicyclic) bond motifs is 4. The standard InChI is InChI=1S/C14H13N3O2S/c1-7-4-5-8-10-11(20-13(8)15-7)14(19)17-6-2-3-9(17)12(18)16-10/h4-5,9H,2-3,6H2,1H3,(H,16,18)/t9-/m1/s1. The number of thiophene rings is 1. The van der Waals surface area contributed by atoms with Gasteiger partial charge in [0.25, 0.3) is 5.91 Å². The van der Waals surface area contributed by atoms with Gasteiger partial charge in [-0.1, -0.05) is 0 Å². The third kappa shape index (κ3) is 1.51. The van der Waals surface area contributed by atoms with Crippen LogP contribution in [0.15, 0.2) is 12.1 Å². The van der Waals surface area contributed by atoms with Crippen molar-refractivity contribution in [1.29, 1.82) is 0 Å². The topological polar surface area (TPSA) is 62.3 Å². The molecule has 4 heterocycles. The van der Waals surface area contributed by atoms with Crippen LogP contribution in [0.4, 0.5) is 5.69 Å². The summed E-state index contributed by atoms with van der Waals surface area (Å²) in [7, 11) is 0. The summed E-state index contributed by atoms with van der Waals surface area (Å²) in [4.78, 5) is 32.5. The first kappa shape index (κ1) is 11.8. The summed E-state index contributed by atoms with van der Waals surface area (Å²) in [6.07, 6.45) is 1.64. The van der Waals surface area contributed by atoms with Crippen LogP contribution in [0.25, 0.3) is 10.2 Å². The van der Waals surface area contributed by atoms with Crippen molar-refractivity contribution in [3.05, 3.63) is 22.7 Å². The van der Waals surface area contributed by atoms with Crippen LogP contribution in [-0.2, 0) is 4.79 Å². The fourth-order valence-electron chi connectivity index (χ4n) is 2.96. The number of aromatic nitrogens is 1. The summed E-state index contributed by atoms with van der Waals surface area (Å²) in [5.74, 6) is -0.114. The predicted octanol–water partition coefficient (Wildman–Crippen LogP) is 2.16. The van der Waals surface area contributed by atoms with Gasteiger partial charge in [0.05, 0.1) is 5.69 Å². The molecule has 2 aliphatic rings. The number of hydrogen-bond acceptors (Lipinski definition) is 4. The van der Waals surface area contributed by atoms with Crippen molar-refractivity contribution in [2.45, 2.75) is 25.8 Å². The van der Waals surface area contributed by atoms with Gasteiger partial charge in [-0.2, -0.15) is 0 Å². The summed E-state index contributed by atoms with van der Waals surface area (Å²) in [5, 5.41) is 3.80. The Hall–Kier alpha value is -1.95. The van der Waals surface area contributed by atoms with Crippen LogP contribution in [0.5, 0.6) is 0 Å². The highest BCUT2D eigenvalue weighted by molar-refractivity contribution is 7.21. The van der Waals surface area contributed by atoms with Crippen LogP contribution >= 0.6 is 11.3 Å². The Labute approximate surface area is 119 Å². The average Bonchev–Trinajstić information content (AvgIpc) is 3.00. The molecule has 4 rings (SSSR count). The van der Waals surface area contributed by atoms with E-state index in [1.165, 1.54) is 11.3 Å². The predicted molar refractivity (Wildman–Crippen MR) is 77.0 cm³/mol. The summed E-state index contributed by atoms with van der Waals surface area (Å²) < 4.78 is 0. The SMILES string of the molecule is Cc1ccc2c3c(sc2n1)C(=O)N1CCC[C@@H]1C(=O)N3. The number of pyridine rings is 1. The first-order chi connectivity index (χ1) is 9.65. The number of carbonyl (C=O) groups excluding carboxylic acids is 2. The van der Waals surface area contributed by atoms with Crippen LogP contribution in [0.3, 0.4) is 0 Å². The molecule has 5 nitrogen and oxygen atoms in total. The summed E-state index contributed by atoms with van der Waals surface area (Å²) >= 11 is 1.37. The van der Waals surface area contributed by atoms with Gasteiger partial charge in [-0.15, -0.1) is 11.3 Å². The third-order valence-electron chi connectivity index (χ3n) is 3.95. The monoisotopic (exact) mass is 287 g/mol. The van der Waals surface area contributed by atoms with E-state index in [0.29, 0.717) is 17.1 Å². The molecular weight excluding hydrogens is 274 g/mol. The second-order valence-electron chi connectivity index (χ2n) is 5.26. The Kier molecular flexibility index (Phi) is 2.38. The highest BCUT2D eigenvalue weighted by atomic mass is 32.1. The lowest BCUT2D eigenvalue weighted by atomic mass is 10.2. The second-order valence-corrected chi connectivity index (χ2v) is 6.26. The van der Waals surface area contributed by atoms with E-state index in [2.05, 4.69) is 10.3 Å². The molecule has 20 heavy (non-hydrogen) atoms. The minimum atomic E-state index is -0.310. The molecule has 102 valence electrons. The number of nitrogens with zero attached hydrogens (tertiary/aromatic N) is 2. The maximum absolute atomic E-state index is 12.6. The highest BCUT2D eigenvalue weighted by Gasteiger charge is 2.40. The zero-order valence-corrected chi connectivity index (χ0v) is 11.8.